The second kappa shape index (κ2) is 17.0. The van der Waals surface area contributed by atoms with Crippen molar-refractivity contribution in [2.75, 3.05) is 5.32 Å². The van der Waals surface area contributed by atoms with Gasteiger partial charge < -0.3 is 16.2 Å². The van der Waals surface area contributed by atoms with E-state index in [0.717, 1.165) is 55.3 Å². The summed E-state index contributed by atoms with van der Waals surface area (Å²) in [5.41, 5.74) is 6.11. The maximum atomic E-state index is 13.6. The fourth-order valence-electron chi connectivity index (χ4n) is 4.01. The minimum Gasteiger partial charge on any atom is -0.478 e. The molecule has 268 valence electrons. The van der Waals surface area contributed by atoms with Crippen LogP contribution in [0.2, 0.25) is 30.9 Å². The predicted octanol–water partition coefficient (Wildman–Crippen LogP) is 7.89. The van der Waals surface area contributed by atoms with Crippen LogP contribution < -0.4 is 16.4 Å². The van der Waals surface area contributed by atoms with Crippen molar-refractivity contribution in [3.05, 3.63) is 101 Å². The topological polar surface area (TPSA) is 203 Å². The lowest BCUT2D eigenvalue weighted by Crippen LogP contribution is -2.35. The summed E-state index contributed by atoms with van der Waals surface area (Å²) >= 11 is 32.6. The number of amides is 4. The number of imide groups is 1. The number of nitrogens with zero attached hydrogens (tertiary/aromatic N) is 5. The Bertz CT molecular complexity index is 1960. The maximum Gasteiger partial charge on any atom is 0.338 e. The van der Waals surface area contributed by atoms with Crippen molar-refractivity contribution < 1.29 is 37.5 Å². The molecule has 51 heavy (non-hydrogen) atoms. The molecule has 5 N–H and O–H groups in total. The van der Waals surface area contributed by atoms with Crippen LogP contribution in [0, 0.1) is 17.5 Å². The van der Waals surface area contributed by atoms with Gasteiger partial charge in [-0.05, 0) is 43.9 Å². The molecule has 0 radical (unpaired) electrons. The number of hydrogen-bond donors (Lipinski definition) is 4. The number of aromatic nitrogens is 5. The van der Waals surface area contributed by atoms with Gasteiger partial charge in [-0.1, -0.05) is 69.6 Å². The van der Waals surface area contributed by atoms with Crippen LogP contribution >= 0.6 is 69.6 Å². The summed E-state index contributed by atoms with van der Waals surface area (Å²) in [5, 5.41) is 11.2. The molecule has 4 aromatic rings. The van der Waals surface area contributed by atoms with Crippen molar-refractivity contribution in [2.45, 2.75) is 37.5 Å². The molecule has 2 fully saturated rings. The second-order valence-corrected chi connectivity index (χ2v) is 12.6. The van der Waals surface area contributed by atoms with Gasteiger partial charge in [-0.3, -0.25) is 14.9 Å². The third kappa shape index (κ3) is 10.5. The fourth-order valence-corrected chi connectivity index (χ4v) is 5.23. The normalized spacial score (nSPS) is 13.2. The Morgan fingerprint density at radius 1 is 0.667 bits per heavy atom. The van der Waals surface area contributed by atoms with Gasteiger partial charge in [0.05, 0.1) is 33.8 Å². The third-order valence-electron chi connectivity index (χ3n) is 6.70. The molecule has 0 aromatic carbocycles. The third-order valence-corrected chi connectivity index (χ3v) is 8.36. The molecule has 0 saturated heterocycles. The van der Waals surface area contributed by atoms with Crippen molar-refractivity contribution in [3.63, 3.8) is 0 Å². The molecule has 4 amide bonds. The summed E-state index contributed by atoms with van der Waals surface area (Å²) in [6, 6.07) is 1.63. The summed E-state index contributed by atoms with van der Waals surface area (Å²) in [6.45, 7) is 0. The summed E-state index contributed by atoms with van der Waals surface area (Å²) in [6.07, 6.45) is 5.52. The Kier molecular flexibility index (Phi) is 13.2. The number of urea groups is 1. The lowest BCUT2D eigenvalue weighted by atomic mass is 10.1. The highest BCUT2D eigenvalue weighted by Crippen LogP contribution is 2.48. The van der Waals surface area contributed by atoms with E-state index in [0.29, 0.717) is 17.5 Å². The standard InChI is InChI=1S/C17H14Cl2FN5O2.C6H3Cl2FN2O.C6H2Cl2FNO2/c18-14-9(5-10(20)15(19)24-14)16(26)25-17(27)23-13-11(7-1-2-7)21-6-22-12(13)8-3-4-8;7-4-2(6(10)12)1-3(9)5(8)11-4;7-4-2(6(11)12)1-3(9)5(8)10-4/h5-8H,1-4H2,(H2,23,25,26,27);1H,(H2,10,12);1H,(H,11,12). The maximum absolute atomic E-state index is 13.6. The fraction of sp³-hybridized carbons (Fsp3) is 0.207. The average Bonchev–Trinajstić information content (AvgIpc) is 3.97. The number of pyridine rings is 3. The van der Waals surface area contributed by atoms with E-state index in [9.17, 15) is 32.3 Å². The van der Waals surface area contributed by atoms with E-state index in [-0.39, 0.29) is 31.7 Å². The number of halogens is 9. The molecule has 0 unspecified atom stereocenters. The van der Waals surface area contributed by atoms with E-state index in [4.69, 9.17) is 80.4 Å². The number of primary amides is 1. The van der Waals surface area contributed by atoms with Crippen molar-refractivity contribution in [1.29, 1.82) is 0 Å². The molecule has 13 nitrogen and oxygen atoms in total. The van der Waals surface area contributed by atoms with Gasteiger partial charge in [0.15, 0.2) is 32.9 Å². The number of aromatic carboxylic acids is 1. The molecule has 2 aliphatic carbocycles. The highest BCUT2D eigenvalue weighted by Gasteiger charge is 2.35. The van der Waals surface area contributed by atoms with E-state index in [1.54, 1.807) is 0 Å². The smallest absolute Gasteiger partial charge is 0.338 e. The van der Waals surface area contributed by atoms with Crippen LogP contribution in [0.3, 0.4) is 0 Å². The van der Waals surface area contributed by atoms with Crippen molar-refractivity contribution in [2.24, 2.45) is 5.73 Å². The number of carboxylic acid groups (broad SMARTS) is 1. The van der Waals surface area contributed by atoms with Gasteiger partial charge in [0.25, 0.3) is 11.8 Å². The number of carbonyl (C=O) groups excluding carboxylic acids is 3. The quantitative estimate of drug-likeness (QED) is 0.138. The number of carboxylic acids is 1. The van der Waals surface area contributed by atoms with Gasteiger partial charge in [0.2, 0.25) is 0 Å². The molecule has 2 saturated carbocycles. The lowest BCUT2D eigenvalue weighted by molar-refractivity contribution is 0.0695. The van der Waals surface area contributed by atoms with E-state index >= 15 is 0 Å². The van der Waals surface area contributed by atoms with Gasteiger partial charge in [-0.2, -0.15) is 0 Å². The first kappa shape index (κ1) is 39.7. The minimum atomic E-state index is -1.34. The number of nitrogens with two attached hydrogens (primary N) is 1. The van der Waals surface area contributed by atoms with Crippen molar-refractivity contribution in [1.82, 2.24) is 30.2 Å². The molecule has 4 heterocycles. The monoisotopic (exact) mass is 826 g/mol. The lowest BCUT2D eigenvalue weighted by Gasteiger charge is -2.14. The Morgan fingerprint density at radius 3 is 1.47 bits per heavy atom. The van der Waals surface area contributed by atoms with Gasteiger partial charge in [-0.15, -0.1) is 0 Å². The molecule has 22 heteroatoms. The minimum absolute atomic E-state index is 0.182. The van der Waals surface area contributed by atoms with Gasteiger partial charge in [-0.25, -0.2) is 47.7 Å². The first-order valence-corrected chi connectivity index (χ1v) is 16.3. The molecular formula is C29H19Cl6F3N8O5. The van der Waals surface area contributed by atoms with E-state index in [1.807, 2.05) is 0 Å². The summed E-state index contributed by atoms with van der Waals surface area (Å²) in [4.78, 5) is 64.3. The van der Waals surface area contributed by atoms with Crippen molar-refractivity contribution in [3.8, 4) is 0 Å². The van der Waals surface area contributed by atoms with Crippen LogP contribution in [0.5, 0.6) is 0 Å². The van der Waals surface area contributed by atoms with Crippen LogP contribution in [0.1, 0.15) is 80.0 Å². The van der Waals surface area contributed by atoms with Crippen LogP contribution in [0.4, 0.5) is 23.7 Å². The zero-order chi connectivity index (χ0) is 37.7. The molecule has 0 atom stereocenters. The number of anilines is 1. The van der Waals surface area contributed by atoms with Crippen LogP contribution in [0.15, 0.2) is 24.5 Å². The van der Waals surface area contributed by atoms with E-state index in [2.05, 4.69) is 35.6 Å². The number of carbonyl (C=O) groups is 4. The molecule has 4 aromatic heterocycles. The highest BCUT2D eigenvalue weighted by atomic mass is 35.5. The molecule has 0 aliphatic heterocycles. The number of rotatable bonds is 6. The molecule has 2 aliphatic rings. The largest absolute Gasteiger partial charge is 0.478 e. The highest BCUT2D eigenvalue weighted by molar-refractivity contribution is 6.36. The molecule has 6 rings (SSSR count). The van der Waals surface area contributed by atoms with Crippen LogP contribution in [0.25, 0.3) is 0 Å². The van der Waals surface area contributed by atoms with Crippen molar-refractivity contribution >= 4 is 99.1 Å². The second-order valence-electron chi connectivity index (χ2n) is 10.4. The Balaban J connectivity index is 0.000000201. The Hall–Kier alpha value is -4.06. The zero-order valence-electron chi connectivity index (χ0n) is 25.1. The summed E-state index contributed by atoms with van der Waals surface area (Å²) in [5.74, 6) is -5.13. The average molecular weight is 829 g/mol. The predicted molar refractivity (Wildman–Crippen MR) is 181 cm³/mol. The SMILES string of the molecule is NC(=O)c1cc(F)c(Cl)nc1Cl.O=C(NC(=O)c1cc(F)c(Cl)nc1Cl)Nc1c(C2CC2)ncnc1C1CC1.O=C(O)c1cc(F)c(Cl)nc1Cl. The van der Waals surface area contributed by atoms with E-state index < -0.39 is 57.1 Å². The van der Waals surface area contributed by atoms with Gasteiger partial charge in [0.1, 0.15) is 21.8 Å². The first-order valence-electron chi connectivity index (χ1n) is 14.0. The van der Waals surface area contributed by atoms with Gasteiger partial charge in [0, 0.05) is 11.8 Å². The van der Waals surface area contributed by atoms with E-state index in [1.165, 1.54) is 6.33 Å². The molecule has 0 spiro atoms. The number of hydrogen-bond acceptors (Lipinski definition) is 9. The molecule has 0 bridgehead atoms. The zero-order valence-corrected chi connectivity index (χ0v) is 29.6. The van der Waals surface area contributed by atoms with Crippen LogP contribution in [-0.4, -0.2) is 53.8 Å². The number of nitrogens with one attached hydrogen (secondary N) is 2. The Morgan fingerprint density at radius 2 is 1.06 bits per heavy atom. The van der Waals surface area contributed by atoms with Gasteiger partial charge >= 0.3 is 12.0 Å². The molecular weight excluding hydrogens is 810 g/mol. The van der Waals surface area contributed by atoms with Crippen LogP contribution in [-0.2, 0) is 0 Å². The summed E-state index contributed by atoms with van der Waals surface area (Å²) in [7, 11) is 0. The summed E-state index contributed by atoms with van der Waals surface area (Å²) < 4.78 is 38.8. The Labute approximate surface area is 315 Å². The first-order chi connectivity index (χ1) is 24.0.